The normalized spacial score (nSPS) is 12.2. The minimum atomic E-state index is -0.782. The molecule has 0 aromatic rings. The molecule has 0 aromatic heterocycles. The first-order chi connectivity index (χ1) is 32.0. The molecule has 6 nitrogen and oxygen atoms in total. The van der Waals surface area contributed by atoms with Gasteiger partial charge in [0.1, 0.15) is 13.2 Å². The molecule has 0 aliphatic carbocycles. The zero-order chi connectivity index (χ0) is 47.2. The average molecular weight is 914 g/mol. The third-order valence-corrected chi connectivity index (χ3v) is 12.6. The van der Waals surface area contributed by atoms with Gasteiger partial charge in [0.05, 0.1) is 0 Å². The van der Waals surface area contributed by atoms with Gasteiger partial charge < -0.3 is 14.2 Å². The van der Waals surface area contributed by atoms with Crippen LogP contribution in [0.25, 0.3) is 0 Å². The van der Waals surface area contributed by atoms with Crippen LogP contribution in [0.1, 0.15) is 303 Å². The third-order valence-electron chi connectivity index (χ3n) is 12.6. The second-order valence-electron chi connectivity index (χ2n) is 19.2. The Hall–Kier alpha value is -2.37. The largest absolute Gasteiger partial charge is 0.462 e. The quantitative estimate of drug-likeness (QED) is 0.0262. The maximum absolute atomic E-state index is 12.8. The molecule has 6 heteroatoms. The van der Waals surface area contributed by atoms with Crippen LogP contribution in [0.4, 0.5) is 0 Å². The molecule has 0 aliphatic rings. The lowest BCUT2D eigenvalue weighted by molar-refractivity contribution is -0.167. The summed E-state index contributed by atoms with van der Waals surface area (Å²) in [6, 6.07) is 0. The standard InChI is InChI=1S/C59H108O6/c1-4-7-10-13-16-19-22-25-28-29-30-32-34-37-40-43-46-49-52-58(61)64-55-56(54-63-57(60)51-48-45-42-39-36-33-27-24-21-18-15-12-9-6-3)65-59(62)53-50-47-44-41-38-35-31-26-23-20-17-14-11-8-5-2/h20,23,30,32-33,36,56H,4-19,21-22,24-29,31,34-35,37-55H2,1-3H3/b23-20-,32-30-,36-33-. The second kappa shape index (κ2) is 54.2. The monoisotopic (exact) mass is 913 g/mol. The summed E-state index contributed by atoms with van der Waals surface area (Å²) in [5.74, 6) is -0.895. The maximum Gasteiger partial charge on any atom is 0.306 e. The summed E-state index contributed by atoms with van der Waals surface area (Å²) in [5, 5.41) is 0. The van der Waals surface area contributed by atoms with Gasteiger partial charge in [0.25, 0.3) is 0 Å². The van der Waals surface area contributed by atoms with E-state index in [1.807, 2.05) is 0 Å². The summed E-state index contributed by atoms with van der Waals surface area (Å²) in [6.07, 6.45) is 64.2. The Morgan fingerprint density at radius 2 is 0.508 bits per heavy atom. The summed E-state index contributed by atoms with van der Waals surface area (Å²) in [7, 11) is 0. The molecule has 0 rings (SSSR count). The minimum absolute atomic E-state index is 0.0809. The summed E-state index contributed by atoms with van der Waals surface area (Å²) < 4.78 is 16.8. The Labute approximate surface area is 404 Å². The van der Waals surface area contributed by atoms with Gasteiger partial charge in [-0.2, -0.15) is 0 Å². The Kier molecular flexibility index (Phi) is 52.3. The van der Waals surface area contributed by atoms with Crippen molar-refractivity contribution in [1.29, 1.82) is 0 Å². The highest BCUT2D eigenvalue weighted by Gasteiger charge is 2.19. The molecular formula is C59H108O6. The number of ether oxygens (including phenoxy) is 3. The van der Waals surface area contributed by atoms with Gasteiger partial charge in [0.15, 0.2) is 6.10 Å². The van der Waals surface area contributed by atoms with Crippen molar-refractivity contribution in [3.8, 4) is 0 Å². The number of unbranched alkanes of at least 4 members (excludes halogenated alkanes) is 35. The van der Waals surface area contributed by atoms with Crippen LogP contribution in [0.2, 0.25) is 0 Å². The van der Waals surface area contributed by atoms with E-state index in [9.17, 15) is 14.4 Å². The van der Waals surface area contributed by atoms with Crippen molar-refractivity contribution in [2.75, 3.05) is 13.2 Å². The summed E-state index contributed by atoms with van der Waals surface area (Å²) >= 11 is 0. The van der Waals surface area contributed by atoms with Gasteiger partial charge in [-0.1, -0.05) is 224 Å². The fraction of sp³-hybridized carbons (Fsp3) is 0.847. The van der Waals surface area contributed by atoms with E-state index in [1.54, 1.807) is 0 Å². The van der Waals surface area contributed by atoms with E-state index in [2.05, 4.69) is 57.2 Å². The van der Waals surface area contributed by atoms with Crippen LogP contribution >= 0.6 is 0 Å². The number of allylic oxidation sites excluding steroid dienone is 6. The molecule has 0 saturated carbocycles. The molecule has 0 radical (unpaired) electrons. The van der Waals surface area contributed by atoms with Gasteiger partial charge in [-0.3, -0.25) is 14.4 Å². The van der Waals surface area contributed by atoms with E-state index < -0.39 is 6.10 Å². The zero-order valence-electron chi connectivity index (χ0n) is 43.5. The Morgan fingerprint density at radius 1 is 0.292 bits per heavy atom. The van der Waals surface area contributed by atoms with Crippen molar-refractivity contribution in [1.82, 2.24) is 0 Å². The van der Waals surface area contributed by atoms with Crippen LogP contribution in [0.15, 0.2) is 36.5 Å². The van der Waals surface area contributed by atoms with Gasteiger partial charge in [-0.05, 0) is 96.3 Å². The van der Waals surface area contributed by atoms with E-state index in [4.69, 9.17) is 14.2 Å². The van der Waals surface area contributed by atoms with Gasteiger partial charge >= 0.3 is 17.9 Å². The van der Waals surface area contributed by atoms with Crippen molar-refractivity contribution in [2.24, 2.45) is 0 Å². The third kappa shape index (κ3) is 52.5. The molecule has 0 bridgehead atoms. The Balaban J connectivity index is 4.37. The predicted molar refractivity (Wildman–Crippen MR) is 279 cm³/mol. The van der Waals surface area contributed by atoms with E-state index in [-0.39, 0.29) is 31.1 Å². The smallest absolute Gasteiger partial charge is 0.306 e. The molecule has 0 saturated heterocycles. The van der Waals surface area contributed by atoms with Crippen LogP contribution in [0, 0.1) is 0 Å². The van der Waals surface area contributed by atoms with Crippen molar-refractivity contribution in [3.63, 3.8) is 0 Å². The number of hydrogen-bond donors (Lipinski definition) is 0. The van der Waals surface area contributed by atoms with Crippen LogP contribution < -0.4 is 0 Å². The number of hydrogen-bond acceptors (Lipinski definition) is 6. The Bertz CT molecular complexity index is 1090. The number of carbonyl (C=O) groups is 3. The molecule has 0 amide bonds. The van der Waals surface area contributed by atoms with E-state index >= 15 is 0 Å². The highest BCUT2D eigenvalue weighted by Crippen LogP contribution is 2.15. The summed E-state index contributed by atoms with van der Waals surface area (Å²) in [4.78, 5) is 38.1. The first-order valence-electron chi connectivity index (χ1n) is 28.5. The van der Waals surface area contributed by atoms with Crippen LogP contribution in [0.3, 0.4) is 0 Å². The Morgan fingerprint density at radius 3 is 0.800 bits per heavy atom. The molecule has 0 N–H and O–H groups in total. The van der Waals surface area contributed by atoms with E-state index in [0.717, 1.165) is 77.0 Å². The highest BCUT2D eigenvalue weighted by atomic mass is 16.6. The number of esters is 3. The van der Waals surface area contributed by atoms with Crippen LogP contribution in [-0.2, 0) is 28.6 Å². The van der Waals surface area contributed by atoms with Crippen molar-refractivity contribution >= 4 is 17.9 Å². The number of rotatable bonds is 52. The molecule has 0 spiro atoms. The van der Waals surface area contributed by atoms with Crippen LogP contribution in [-0.4, -0.2) is 37.2 Å². The zero-order valence-corrected chi connectivity index (χ0v) is 43.5. The van der Waals surface area contributed by atoms with Crippen molar-refractivity contribution < 1.29 is 28.6 Å². The van der Waals surface area contributed by atoms with E-state index in [0.29, 0.717) is 19.3 Å². The van der Waals surface area contributed by atoms with Crippen LogP contribution in [0.5, 0.6) is 0 Å². The SMILES string of the molecule is CCCCCC/C=C\CCCCCCCCCC(=O)OC(COC(=O)CCCCC/C=C\CCCCCCCCC)COC(=O)CCCCCCC/C=C\CCCCCCCCCCC. The summed E-state index contributed by atoms with van der Waals surface area (Å²) in [5.41, 5.74) is 0. The van der Waals surface area contributed by atoms with Gasteiger partial charge in [-0.15, -0.1) is 0 Å². The highest BCUT2D eigenvalue weighted by molar-refractivity contribution is 5.71. The van der Waals surface area contributed by atoms with Gasteiger partial charge in [0, 0.05) is 19.3 Å². The van der Waals surface area contributed by atoms with Gasteiger partial charge in [0.2, 0.25) is 0 Å². The predicted octanol–water partition coefficient (Wildman–Crippen LogP) is 18.9. The lowest BCUT2D eigenvalue weighted by Crippen LogP contribution is -2.30. The molecule has 0 aromatic carbocycles. The first kappa shape index (κ1) is 62.6. The molecule has 0 aliphatic heterocycles. The minimum Gasteiger partial charge on any atom is -0.462 e. The fourth-order valence-electron chi connectivity index (χ4n) is 8.25. The van der Waals surface area contributed by atoms with Crippen molar-refractivity contribution in [2.45, 2.75) is 309 Å². The van der Waals surface area contributed by atoms with Crippen molar-refractivity contribution in [3.05, 3.63) is 36.5 Å². The molecule has 1 unspecified atom stereocenters. The first-order valence-corrected chi connectivity index (χ1v) is 28.5. The molecule has 0 heterocycles. The topological polar surface area (TPSA) is 78.9 Å². The number of carbonyl (C=O) groups excluding carboxylic acids is 3. The molecular weight excluding hydrogens is 805 g/mol. The molecule has 1 atom stereocenters. The average Bonchev–Trinajstić information content (AvgIpc) is 3.30. The second-order valence-corrected chi connectivity index (χ2v) is 19.2. The maximum atomic E-state index is 12.8. The summed E-state index contributed by atoms with van der Waals surface area (Å²) in [6.45, 7) is 6.63. The lowest BCUT2D eigenvalue weighted by Gasteiger charge is -2.18. The lowest BCUT2D eigenvalue weighted by atomic mass is 10.1. The molecule has 65 heavy (non-hydrogen) atoms. The van der Waals surface area contributed by atoms with E-state index in [1.165, 1.54) is 186 Å². The molecule has 380 valence electrons. The molecule has 0 fully saturated rings. The van der Waals surface area contributed by atoms with Gasteiger partial charge in [-0.25, -0.2) is 0 Å². The fourth-order valence-corrected chi connectivity index (χ4v) is 8.25.